The van der Waals surface area contributed by atoms with Gasteiger partial charge in [-0.1, -0.05) is 32.0 Å². The standard InChI is InChI=1S/C25H27F3N4O2/c1-14(2)12-21(24(34)29-16-7-5-6-15(13-16)25(26,27)28)32-23(33)18-11-10-17(18)22-30-19-8-3-4-9-20(19)31-22/h3-9,13-14,17-18,21H,10-12H2,1-2H3,(H,29,34)(H,30,31)(H,32,33)/t17-,18-,21+/m0/s1. The summed E-state index contributed by atoms with van der Waals surface area (Å²) in [6.07, 6.45) is -2.67. The van der Waals surface area contributed by atoms with E-state index in [1.165, 1.54) is 12.1 Å². The maximum Gasteiger partial charge on any atom is 0.416 e. The number of hydrogen-bond donors (Lipinski definition) is 3. The van der Waals surface area contributed by atoms with E-state index < -0.39 is 23.7 Å². The Morgan fingerprint density at radius 2 is 1.88 bits per heavy atom. The van der Waals surface area contributed by atoms with Crippen molar-refractivity contribution in [2.24, 2.45) is 11.8 Å². The third-order valence-corrected chi connectivity index (χ3v) is 6.17. The Balaban J connectivity index is 1.45. The third-order valence-electron chi connectivity index (χ3n) is 6.17. The highest BCUT2D eigenvalue weighted by Gasteiger charge is 2.40. The van der Waals surface area contributed by atoms with E-state index in [9.17, 15) is 22.8 Å². The molecule has 34 heavy (non-hydrogen) atoms. The van der Waals surface area contributed by atoms with Crippen LogP contribution < -0.4 is 10.6 Å². The molecule has 1 aromatic heterocycles. The van der Waals surface area contributed by atoms with Crippen LogP contribution in [0.4, 0.5) is 18.9 Å². The number of rotatable bonds is 7. The molecule has 1 aliphatic carbocycles. The largest absolute Gasteiger partial charge is 0.416 e. The van der Waals surface area contributed by atoms with Gasteiger partial charge in [-0.25, -0.2) is 4.98 Å². The molecule has 180 valence electrons. The average Bonchev–Trinajstić information content (AvgIpc) is 3.14. The summed E-state index contributed by atoms with van der Waals surface area (Å²) in [6, 6.07) is 11.2. The van der Waals surface area contributed by atoms with Gasteiger partial charge in [-0.05, 0) is 55.5 Å². The number of halogens is 3. The lowest BCUT2D eigenvalue weighted by molar-refractivity contribution is -0.137. The van der Waals surface area contributed by atoms with Crippen molar-refractivity contribution < 1.29 is 22.8 Å². The third kappa shape index (κ3) is 5.24. The van der Waals surface area contributed by atoms with E-state index in [0.29, 0.717) is 12.8 Å². The van der Waals surface area contributed by atoms with Gasteiger partial charge in [0.1, 0.15) is 11.9 Å². The molecule has 0 bridgehead atoms. The number of hydrogen-bond acceptors (Lipinski definition) is 3. The molecule has 4 rings (SSSR count). The van der Waals surface area contributed by atoms with Gasteiger partial charge in [0.2, 0.25) is 11.8 Å². The van der Waals surface area contributed by atoms with E-state index in [0.717, 1.165) is 35.4 Å². The van der Waals surface area contributed by atoms with E-state index in [4.69, 9.17) is 0 Å². The summed E-state index contributed by atoms with van der Waals surface area (Å²) in [7, 11) is 0. The number of fused-ring (bicyclic) bond motifs is 1. The second-order valence-electron chi connectivity index (χ2n) is 9.19. The molecule has 6 nitrogen and oxygen atoms in total. The van der Waals surface area contributed by atoms with Crippen LogP contribution in [0.5, 0.6) is 0 Å². The van der Waals surface area contributed by atoms with Crippen molar-refractivity contribution in [2.45, 2.75) is 51.2 Å². The van der Waals surface area contributed by atoms with Gasteiger partial charge in [0.15, 0.2) is 0 Å². The molecule has 1 aliphatic rings. The maximum absolute atomic E-state index is 13.1. The van der Waals surface area contributed by atoms with Crippen molar-refractivity contribution in [2.75, 3.05) is 5.32 Å². The molecule has 9 heteroatoms. The van der Waals surface area contributed by atoms with Gasteiger partial charge in [-0.3, -0.25) is 9.59 Å². The Morgan fingerprint density at radius 1 is 1.12 bits per heavy atom. The smallest absolute Gasteiger partial charge is 0.344 e. The Morgan fingerprint density at radius 3 is 2.53 bits per heavy atom. The number of anilines is 1. The molecule has 0 unspecified atom stereocenters. The first kappa shape index (κ1) is 23.8. The van der Waals surface area contributed by atoms with Crippen LogP contribution in [0, 0.1) is 11.8 Å². The van der Waals surface area contributed by atoms with E-state index >= 15 is 0 Å². The highest BCUT2D eigenvalue weighted by Crippen LogP contribution is 2.42. The number of amides is 2. The fourth-order valence-corrected chi connectivity index (χ4v) is 4.27. The molecule has 0 saturated heterocycles. The average molecular weight is 473 g/mol. The molecule has 0 spiro atoms. The van der Waals surface area contributed by atoms with Crippen molar-refractivity contribution in [3.63, 3.8) is 0 Å². The molecule has 2 aromatic carbocycles. The van der Waals surface area contributed by atoms with E-state index in [2.05, 4.69) is 20.6 Å². The molecular weight excluding hydrogens is 445 g/mol. The summed E-state index contributed by atoms with van der Waals surface area (Å²) in [5.74, 6) is -0.343. The molecule has 1 fully saturated rings. The molecule has 1 saturated carbocycles. The predicted octanol–water partition coefficient (Wildman–Crippen LogP) is 5.24. The molecular formula is C25H27F3N4O2. The van der Waals surface area contributed by atoms with Crippen LogP contribution in [0.3, 0.4) is 0 Å². The Bertz CT molecular complexity index is 1160. The first-order chi connectivity index (χ1) is 16.1. The summed E-state index contributed by atoms with van der Waals surface area (Å²) in [6.45, 7) is 3.83. The molecule has 0 aliphatic heterocycles. The minimum Gasteiger partial charge on any atom is -0.344 e. The highest BCUT2D eigenvalue weighted by atomic mass is 19.4. The zero-order valence-corrected chi connectivity index (χ0v) is 18.9. The summed E-state index contributed by atoms with van der Waals surface area (Å²) in [5.41, 5.74) is 0.924. The van der Waals surface area contributed by atoms with Crippen LogP contribution in [0.2, 0.25) is 0 Å². The molecule has 3 atom stereocenters. The van der Waals surface area contributed by atoms with Crippen LogP contribution in [0.1, 0.15) is 50.4 Å². The lowest BCUT2D eigenvalue weighted by Gasteiger charge is -2.35. The van der Waals surface area contributed by atoms with Crippen molar-refractivity contribution in [1.82, 2.24) is 15.3 Å². The lowest BCUT2D eigenvalue weighted by Crippen LogP contribution is -2.49. The Labute approximate surface area is 195 Å². The zero-order chi connectivity index (χ0) is 24.5. The molecule has 0 radical (unpaired) electrons. The molecule has 3 aromatic rings. The van der Waals surface area contributed by atoms with Crippen LogP contribution >= 0.6 is 0 Å². The Hall–Kier alpha value is -3.36. The number of aromatic nitrogens is 2. The maximum atomic E-state index is 13.1. The predicted molar refractivity (Wildman–Crippen MR) is 123 cm³/mol. The number of H-pyrrole nitrogens is 1. The molecule has 1 heterocycles. The number of para-hydroxylation sites is 2. The minimum absolute atomic E-state index is 0.0339. The summed E-state index contributed by atoms with van der Waals surface area (Å²) < 4.78 is 39.0. The fraction of sp³-hybridized carbons (Fsp3) is 0.400. The first-order valence-corrected chi connectivity index (χ1v) is 11.3. The number of nitrogens with zero attached hydrogens (tertiary/aromatic N) is 1. The monoisotopic (exact) mass is 472 g/mol. The number of carbonyl (C=O) groups is 2. The van der Waals surface area contributed by atoms with Crippen LogP contribution in [0.15, 0.2) is 48.5 Å². The van der Waals surface area contributed by atoms with Gasteiger partial charge in [0.05, 0.1) is 16.6 Å². The SMILES string of the molecule is CC(C)C[C@@H](NC(=O)[C@H]1CC[C@@H]1c1nc2ccccc2[nH]1)C(=O)Nc1cccc(C(F)(F)F)c1. The van der Waals surface area contributed by atoms with Crippen molar-refractivity contribution in [3.8, 4) is 0 Å². The van der Waals surface area contributed by atoms with E-state index in [1.54, 1.807) is 0 Å². The van der Waals surface area contributed by atoms with Crippen LogP contribution in [0.25, 0.3) is 11.0 Å². The van der Waals surface area contributed by atoms with Gasteiger partial charge in [-0.2, -0.15) is 13.2 Å². The first-order valence-electron chi connectivity index (χ1n) is 11.3. The lowest BCUT2D eigenvalue weighted by atomic mass is 9.72. The van der Waals surface area contributed by atoms with Gasteiger partial charge in [-0.15, -0.1) is 0 Å². The van der Waals surface area contributed by atoms with Gasteiger partial charge >= 0.3 is 6.18 Å². The van der Waals surface area contributed by atoms with Crippen molar-refractivity contribution in [1.29, 1.82) is 0 Å². The summed E-state index contributed by atoms with van der Waals surface area (Å²) in [4.78, 5) is 33.9. The van der Waals surface area contributed by atoms with Crippen LogP contribution in [-0.2, 0) is 15.8 Å². The number of aromatic amines is 1. The number of benzene rings is 2. The normalized spacial score (nSPS) is 19.0. The topological polar surface area (TPSA) is 86.9 Å². The summed E-state index contributed by atoms with van der Waals surface area (Å²) >= 11 is 0. The number of nitrogens with one attached hydrogen (secondary N) is 3. The second kappa shape index (κ2) is 9.48. The van der Waals surface area contributed by atoms with Crippen LogP contribution in [-0.4, -0.2) is 27.8 Å². The van der Waals surface area contributed by atoms with Gasteiger partial charge in [0, 0.05) is 17.5 Å². The quantitative estimate of drug-likeness (QED) is 0.439. The number of carbonyl (C=O) groups excluding carboxylic acids is 2. The second-order valence-corrected chi connectivity index (χ2v) is 9.19. The van der Waals surface area contributed by atoms with Gasteiger partial charge < -0.3 is 15.6 Å². The van der Waals surface area contributed by atoms with Crippen molar-refractivity contribution in [3.05, 3.63) is 59.9 Å². The zero-order valence-electron chi connectivity index (χ0n) is 18.9. The number of alkyl halides is 3. The molecule has 2 amide bonds. The van der Waals surface area contributed by atoms with E-state index in [1.807, 2.05) is 38.1 Å². The fourth-order valence-electron chi connectivity index (χ4n) is 4.27. The van der Waals surface area contributed by atoms with Gasteiger partial charge in [0.25, 0.3) is 0 Å². The van der Waals surface area contributed by atoms with Crippen molar-refractivity contribution >= 4 is 28.5 Å². The van der Waals surface area contributed by atoms with E-state index in [-0.39, 0.29) is 29.3 Å². The highest BCUT2D eigenvalue weighted by molar-refractivity contribution is 5.97. The minimum atomic E-state index is -4.51. The summed E-state index contributed by atoms with van der Waals surface area (Å²) in [5, 5.41) is 5.36. The molecule has 3 N–H and O–H groups in total. The number of imidazole rings is 1. The Kier molecular flexibility index (Phi) is 6.63.